The van der Waals surface area contributed by atoms with Crippen LogP contribution < -0.4 is 10.1 Å². The van der Waals surface area contributed by atoms with E-state index < -0.39 is 0 Å². The van der Waals surface area contributed by atoms with Gasteiger partial charge in [-0.3, -0.25) is 0 Å². The maximum absolute atomic E-state index is 5.90. The molecule has 2 bridgehead atoms. The van der Waals surface area contributed by atoms with Crippen LogP contribution in [-0.4, -0.2) is 13.7 Å². The van der Waals surface area contributed by atoms with Gasteiger partial charge in [-0.25, -0.2) is 0 Å². The number of fused-ring (bicyclic) bond motifs is 5. The smallest absolute Gasteiger partial charge is 0.124 e. The third kappa shape index (κ3) is 2.03. The van der Waals surface area contributed by atoms with Crippen molar-refractivity contribution in [2.75, 3.05) is 13.7 Å². The molecule has 1 aromatic carbocycles. The predicted molar refractivity (Wildman–Crippen MR) is 85.4 cm³/mol. The Bertz CT molecular complexity index is 524. The molecule has 0 aromatic heterocycles. The molecular formula is C19H27NO. The number of nitrogens with one attached hydrogen (secondary N) is 1. The van der Waals surface area contributed by atoms with Gasteiger partial charge in [0.05, 0.1) is 6.61 Å². The minimum absolute atomic E-state index is 0.477. The van der Waals surface area contributed by atoms with Crippen LogP contribution in [0.5, 0.6) is 5.75 Å². The number of rotatable bonds is 5. The van der Waals surface area contributed by atoms with Gasteiger partial charge in [-0.15, -0.1) is 0 Å². The quantitative estimate of drug-likeness (QED) is 0.884. The van der Waals surface area contributed by atoms with Gasteiger partial charge in [0, 0.05) is 11.6 Å². The lowest BCUT2D eigenvalue weighted by Gasteiger charge is -2.23. The normalized spacial score (nSPS) is 37.4. The average molecular weight is 285 g/mol. The third-order valence-electron chi connectivity index (χ3n) is 6.29. The SMILES string of the molecule is CCOc1ccc(C)cc1C(NC)C1C2C3CCC(C3)C21. The molecule has 0 radical (unpaired) electrons. The van der Waals surface area contributed by atoms with E-state index in [1.807, 2.05) is 0 Å². The molecule has 0 saturated heterocycles. The van der Waals surface area contributed by atoms with Crippen LogP contribution in [0.25, 0.3) is 0 Å². The van der Waals surface area contributed by atoms with E-state index in [2.05, 4.69) is 44.4 Å². The van der Waals surface area contributed by atoms with Crippen molar-refractivity contribution in [2.45, 2.75) is 39.2 Å². The molecule has 3 fully saturated rings. The Kier molecular flexibility index (Phi) is 3.25. The molecule has 3 aliphatic carbocycles. The minimum Gasteiger partial charge on any atom is -0.494 e. The second-order valence-corrected chi connectivity index (χ2v) is 7.31. The van der Waals surface area contributed by atoms with E-state index in [0.29, 0.717) is 6.04 Å². The highest BCUT2D eigenvalue weighted by molar-refractivity contribution is 5.41. The van der Waals surface area contributed by atoms with Crippen LogP contribution in [0.3, 0.4) is 0 Å². The largest absolute Gasteiger partial charge is 0.494 e. The second-order valence-electron chi connectivity index (χ2n) is 7.31. The van der Waals surface area contributed by atoms with E-state index in [9.17, 15) is 0 Å². The van der Waals surface area contributed by atoms with Gasteiger partial charge < -0.3 is 10.1 Å². The number of hydrogen-bond donors (Lipinski definition) is 1. The van der Waals surface area contributed by atoms with Gasteiger partial charge in [0.2, 0.25) is 0 Å². The summed E-state index contributed by atoms with van der Waals surface area (Å²) >= 11 is 0. The molecule has 5 atom stereocenters. The van der Waals surface area contributed by atoms with Crippen molar-refractivity contribution in [3.63, 3.8) is 0 Å². The molecule has 1 N–H and O–H groups in total. The van der Waals surface area contributed by atoms with Gasteiger partial charge in [-0.05, 0) is 75.8 Å². The third-order valence-corrected chi connectivity index (χ3v) is 6.29. The highest BCUT2D eigenvalue weighted by atomic mass is 16.5. The summed E-state index contributed by atoms with van der Waals surface area (Å²) in [5.41, 5.74) is 2.72. The lowest BCUT2D eigenvalue weighted by atomic mass is 9.92. The number of ether oxygens (including phenoxy) is 1. The van der Waals surface area contributed by atoms with Crippen molar-refractivity contribution >= 4 is 0 Å². The molecule has 1 aromatic rings. The zero-order valence-electron chi connectivity index (χ0n) is 13.4. The standard InChI is InChI=1S/C19H27NO/c1-4-21-15-8-5-11(2)9-14(15)19(20-3)18-16-12-6-7-13(10-12)17(16)18/h5,8-9,12-13,16-20H,4,6-7,10H2,1-3H3. The Morgan fingerprint density at radius 3 is 2.57 bits per heavy atom. The van der Waals surface area contributed by atoms with Gasteiger partial charge in [0.25, 0.3) is 0 Å². The summed E-state index contributed by atoms with van der Waals surface area (Å²) in [6.07, 6.45) is 4.50. The fourth-order valence-corrected chi connectivity index (χ4v) is 5.59. The van der Waals surface area contributed by atoms with Crippen molar-refractivity contribution < 1.29 is 4.74 Å². The van der Waals surface area contributed by atoms with Crippen LogP contribution in [0.4, 0.5) is 0 Å². The maximum Gasteiger partial charge on any atom is 0.124 e. The lowest BCUT2D eigenvalue weighted by molar-refractivity contribution is 0.322. The van der Waals surface area contributed by atoms with Gasteiger partial charge >= 0.3 is 0 Å². The summed E-state index contributed by atoms with van der Waals surface area (Å²) < 4.78 is 5.90. The molecule has 2 nitrogen and oxygen atoms in total. The Morgan fingerprint density at radius 2 is 1.95 bits per heavy atom. The molecule has 2 heteroatoms. The Morgan fingerprint density at radius 1 is 1.24 bits per heavy atom. The average Bonchev–Trinajstić information content (AvgIpc) is 2.90. The zero-order valence-corrected chi connectivity index (χ0v) is 13.4. The van der Waals surface area contributed by atoms with Gasteiger partial charge in [-0.1, -0.05) is 17.7 Å². The van der Waals surface area contributed by atoms with Crippen LogP contribution in [0, 0.1) is 36.5 Å². The van der Waals surface area contributed by atoms with Crippen LogP contribution in [-0.2, 0) is 0 Å². The maximum atomic E-state index is 5.90. The molecule has 4 rings (SSSR count). The van der Waals surface area contributed by atoms with E-state index in [0.717, 1.165) is 41.9 Å². The minimum atomic E-state index is 0.477. The van der Waals surface area contributed by atoms with Crippen molar-refractivity contribution in [3.05, 3.63) is 29.3 Å². The molecule has 0 heterocycles. The van der Waals surface area contributed by atoms with Crippen molar-refractivity contribution in [3.8, 4) is 5.75 Å². The molecular weight excluding hydrogens is 258 g/mol. The zero-order chi connectivity index (χ0) is 14.6. The van der Waals surface area contributed by atoms with E-state index in [4.69, 9.17) is 4.74 Å². The molecule has 3 saturated carbocycles. The molecule has 114 valence electrons. The molecule has 0 amide bonds. The first kappa shape index (κ1) is 13.6. The number of benzene rings is 1. The van der Waals surface area contributed by atoms with Crippen molar-refractivity contribution in [1.29, 1.82) is 0 Å². The second kappa shape index (κ2) is 5.01. The van der Waals surface area contributed by atoms with E-state index in [-0.39, 0.29) is 0 Å². The van der Waals surface area contributed by atoms with Crippen molar-refractivity contribution in [2.24, 2.45) is 29.6 Å². The topological polar surface area (TPSA) is 21.3 Å². The fraction of sp³-hybridized carbons (Fsp3) is 0.684. The Labute approximate surface area is 128 Å². The summed E-state index contributed by atoms with van der Waals surface area (Å²) in [5, 5.41) is 3.62. The van der Waals surface area contributed by atoms with Crippen LogP contribution >= 0.6 is 0 Å². The van der Waals surface area contributed by atoms with Gasteiger partial charge in [-0.2, -0.15) is 0 Å². The first-order valence-electron chi connectivity index (χ1n) is 8.65. The predicted octanol–water partition coefficient (Wildman–Crippen LogP) is 3.95. The van der Waals surface area contributed by atoms with Crippen LogP contribution in [0.15, 0.2) is 18.2 Å². The summed E-state index contributed by atoms with van der Waals surface area (Å²) in [4.78, 5) is 0. The summed E-state index contributed by atoms with van der Waals surface area (Å²) in [7, 11) is 2.12. The molecule has 21 heavy (non-hydrogen) atoms. The first-order chi connectivity index (χ1) is 10.2. The Balaban J connectivity index is 1.64. The van der Waals surface area contributed by atoms with E-state index in [1.54, 1.807) is 0 Å². The van der Waals surface area contributed by atoms with Gasteiger partial charge in [0.15, 0.2) is 0 Å². The first-order valence-corrected chi connectivity index (χ1v) is 8.65. The monoisotopic (exact) mass is 285 g/mol. The van der Waals surface area contributed by atoms with Crippen LogP contribution in [0.2, 0.25) is 0 Å². The fourth-order valence-electron chi connectivity index (χ4n) is 5.59. The molecule has 3 aliphatic rings. The summed E-state index contributed by atoms with van der Waals surface area (Å²) in [5.74, 6) is 5.98. The lowest BCUT2D eigenvalue weighted by Crippen LogP contribution is -2.23. The summed E-state index contributed by atoms with van der Waals surface area (Å²) in [6.45, 7) is 5.00. The number of aryl methyl sites for hydroxylation is 1. The highest BCUT2D eigenvalue weighted by Gasteiger charge is 2.66. The van der Waals surface area contributed by atoms with E-state index in [1.165, 1.54) is 30.4 Å². The number of hydrogen-bond acceptors (Lipinski definition) is 2. The van der Waals surface area contributed by atoms with E-state index >= 15 is 0 Å². The molecule has 0 spiro atoms. The van der Waals surface area contributed by atoms with Crippen molar-refractivity contribution in [1.82, 2.24) is 5.32 Å². The molecule has 0 aliphatic heterocycles. The van der Waals surface area contributed by atoms with Crippen LogP contribution in [0.1, 0.15) is 43.4 Å². The van der Waals surface area contributed by atoms with Gasteiger partial charge in [0.1, 0.15) is 5.75 Å². The Hall–Kier alpha value is -1.02. The highest BCUT2D eigenvalue weighted by Crippen LogP contribution is 2.72. The molecule has 5 unspecified atom stereocenters. The summed E-state index contributed by atoms with van der Waals surface area (Å²) in [6, 6.07) is 7.14.